The molecule has 10 nitrogen and oxygen atoms in total. The first-order valence-corrected chi connectivity index (χ1v) is 10.3. The molecule has 0 atom stereocenters. The lowest BCUT2D eigenvalue weighted by Gasteiger charge is -2.14. The van der Waals surface area contributed by atoms with Crippen LogP contribution in [0, 0.1) is 18.7 Å². The minimum Gasteiger partial charge on any atom is -0.354 e. The predicted octanol–water partition coefficient (Wildman–Crippen LogP) is 1.17. The number of hydrogen-bond donors (Lipinski definition) is 3. The van der Waals surface area contributed by atoms with Crippen molar-refractivity contribution in [1.82, 2.24) is 20.5 Å². The topological polar surface area (TPSA) is 143 Å². The number of hydrogen-bond acceptors (Lipinski definition) is 8. The minimum absolute atomic E-state index is 0.0606. The Bertz CT molecular complexity index is 1200. The molecular weight excluding hydrogens is 403 g/mol. The molecule has 154 valence electrons. The van der Waals surface area contributed by atoms with E-state index < -0.39 is 39.1 Å². The third-order valence-corrected chi connectivity index (χ3v) is 5.20. The number of sulfone groups is 1. The summed E-state index contributed by atoms with van der Waals surface area (Å²) in [6.45, 7) is -1.53. The van der Waals surface area contributed by atoms with Crippen molar-refractivity contribution in [3.05, 3.63) is 29.3 Å². The van der Waals surface area contributed by atoms with Gasteiger partial charge >= 0.3 is 0 Å². The van der Waals surface area contributed by atoms with E-state index in [9.17, 15) is 22.4 Å². The maximum Gasteiger partial charge on any atom is 0.273 e. The molecule has 1 saturated carbocycles. The van der Waals surface area contributed by atoms with E-state index in [-0.39, 0.29) is 34.8 Å². The molecular formula is C17H19FN6O4S. The van der Waals surface area contributed by atoms with E-state index in [0.29, 0.717) is 0 Å². The molecule has 0 radical (unpaired) electrons. The van der Waals surface area contributed by atoms with Gasteiger partial charge in [-0.05, 0) is 25.8 Å². The highest BCUT2D eigenvalue weighted by Crippen LogP contribution is 2.31. The molecule has 2 heterocycles. The Balaban J connectivity index is 2.07. The van der Waals surface area contributed by atoms with Gasteiger partial charge in [-0.15, -0.1) is 10.2 Å². The van der Waals surface area contributed by atoms with Gasteiger partial charge in [0.15, 0.2) is 21.3 Å². The number of carbonyl (C=O) groups excluding carboxylic acids is 2. The van der Waals surface area contributed by atoms with Crippen molar-refractivity contribution in [1.29, 1.82) is 0 Å². The van der Waals surface area contributed by atoms with Crippen LogP contribution >= 0.6 is 0 Å². The van der Waals surface area contributed by atoms with Gasteiger partial charge in [-0.1, -0.05) is 0 Å². The van der Waals surface area contributed by atoms with Crippen LogP contribution in [-0.2, 0) is 14.6 Å². The predicted molar refractivity (Wildman–Crippen MR) is 102 cm³/mol. The average Bonchev–Trinajstić information content (AvgIpc) is 3.47. The van der Waals surface area contributed by atoms with Gasteiger partial charge in [0.1, 0.15) is 16.5 Å². The van der Waals surface area contributed by atoms with Crippen LogP contribution in [0.1, 0.15) is 33.1 Å². The molecule has 1 aliphatic carbocycles. The van der Waals surface area contributed by atoms with Crippen molar-refractivity contribution < 1.29 is 26.5 Å². The monoisotopic (exact) mass is 425 g/mol. The summed E-state index contributed by atoms with van der Waals surface area (Å²) in [5, 5.41) is 14.3. The Morgan fingerprint density at radius 2 is 2.00 bits per heavy atom. The molecule has 0 bridgehead atoms. The molecule has 1 fully saturated rings. The maximum absolute atomic E-state index is 14.0. The fraction of sp³-hybridized carbons (Fsp3) is 0.353. The van der Waals surface area contributed by atoms with E-state index in [1.807, 2.05) is 0 Å². The zero-order valence-electron chi connectivity index (χ0n) is 18.4. The van der Waals surface area contributed by atoms with Crippen LogP contribution in [0.2, 0.25) is 0 Å². The second-order valence-electron chi connectivity index (χ2n) is 6.51. The Hall–Kier alpha value is -3.15. The summed E-state index contributed by atoms with van der Waals surface area (Å²) in [7, 11) is -3.95. The molecule has 2 amide bonds. The van der Waals surface area contributed by atoms with E-state index in [4.69, 9.17) is 4.11 Å². The van der Waals surface area contributed by atoms with Gasteiger partial charge < -0.3 is 16.0 Å². The number of anilines is 3. The molecule has 0 saturated heterocycles. The number of amides is 2. The Morgan fingerprint density at radius 3 is 2.62 bits per heavy atom. The molecule has 29 heavy (non-hydrogen) atoms. The van der Waals surface area contributed by atoms with Crippen LogP contribution < -0.4 is 16.0 Å². The number of rotatable bonds is 6. The van der Waals surface area contributed by atoms with Crippen LogP contribution in [0.15, 0.2) is 17.0 Å². The number of aryl methyl sites for hydroxylation is 1. The molecule has 2 aromatic rings. The zero-order chi connectivity index (χ0) is 23.8. The third-order valence-electron chi connectivity index (χ3n) is 4.09. The van der Waals surface area contributed by atoms with Crippen molar-refractivity contribution in [3.63, 3.8) is 0 Å². The van der Waals surface area contributed by atoms with Gasteiger partial charge in [0, 0.05) is 29.3 Å². The van der Waals surface area contributed by atoms with Crippen molar-refractivity contribution in [3.8, 4) is 0 Å². The summed E-state index contributed by atoms with van der Waals surface area (Å²) in [6.07, 6.45) is 2.29. The van der Waals surface area contributed by atoms with Gasteiger partial charge in [-0.2, -0.15) is 0 Å². The number of aromatic nitrogens is 3. The Labute approximate surface area is 170 Å². The van der Waals surface area contributed by atoms with Gasteiger partial charge in [0.25, 0.3) is 5.91 Å². The van der Waals surface area contributed by atoms with Gasteiger partial charge in [0.2, 0.25) is 5.91 Å². The van der Waals surface area contributed by atoms with Gasteiger partial charge in [0.05, 0.1) is 11.4 Å². The van der Waals surface area contributed by atoms with Crippen molar-refractivity contribution in [2.24, 2.45) is 5.92 Å². The highest BCUT2D eigenvalue weighted by atomic mass is 32.2. The molecule has 0 aliphatic heterocycles. The number of pyridine rings is 1. The van der Waals surface area contributed by atoms with Crippen molar-refractivity contribution in [2.45, 2.75) is 24.7 Å². The Morgan fingerprint density at radius 1 is 1.28 bits per heavy atom. The van der Waals surface area contributed by atoms with E-state index >= 15 is 0 Å². The quantitative estimate of drug-likeness (QED) is 0.626. The average molecular weight is 425 g/mol. The maximum atomic E-state index is 14.0. The number of carbonyl (C=O) groups is 2. The van der Waals surface area contributed by atoms with Gasteiger partial charge in [-0.3, -0.25) is 9.59 Å². The highest BCUT2D eigenvalue weighted by molar-refractivity contribution is 7.90. The lowest BCUT2D eigenvalue weighted by atomic mass is 10.2. The molecule has 0 aromatic carbocycles. The van der Waals surface area contributed by atoms with Crippen molar-refractivity contribution in [2.75, 3.05) is 23.9 Å². The summed E-state index contributed by atoms with van der Waals surface area (Å²) >= 11 is 0. The van der Waals surface area contributed by atoms with Crippen LogP contribution in [0.3, 0.4) is 0 Å². The standard InChI is InChI=1S/C17H19FN6O4S/c1-8-10(18)6-12(29(3,27)28)15(20-8)21-11-7-13(22-16(25)9-4-5-9)23-24-14(11)17(26)19-2/h6-7,9H,4-5H2,1-3H3,(H,19,26)(H2,20,21,22,23,25)/i2D3. The lowest BCUT2D eigenvalue weighted by Crippen LogP contribution is -2.23. The number of nitrogens with one attached hydrogen (secondary N) is 3. The van der Waals surface area contributed by atoms with E-state index in [1.165, 1.54) is 13.0 Å². The third kappa shape index (κ3) is 4.65. The second-order valence-corrected chi connectivity index (χ2v) is 8.49. The first-order valence-electron chi connectivity index (χ1n) is 9.90. The summed E-state index contributed by atoms with van der Waals surface area (Å²) < 4.78 is 59.8. The highest BCUT2D eigenvalue weighted by Gasteiger charge is 2.30. The summed E-state index contributed by atoms with van der Waals surface area (Å²) in [5.41, 5.74) is -0.831. The summed E-state index contributed by atoms with van der Waals surface area (Å²) in [5.74, 6) is -2.85. The second kappa shape index (κ2) is 7.70. The molecule has 2 aromatic heterocycles. The molecule has 3 N–H and O–H groups in total. The normalized spacial score (nSPS) is 15.6. The Kier molecular flexibility index (Phi) is 4.45. The molecule has 0 unspecified atom stereocenters. The van der Waals surface area contributed by atoms with Crippen LogP contribution in [-0.4, -0.2) is 48.6 Å². The summed E-state index contributed by atoms with van der Waals surface area (Å²) in [4.78, 5) is 27.9. The van der Waals surface area contributed by atoms with Crippen LogP contribution in [0.4, 0.5) is 21.7 Å². The smallest absolute Gasteiger partial charge is 0.273 e. The van der Waals surface area contributed by atoms with Crippen LogP contribution in [0.5, 0.6) is 0 Å². The van der Waals surface area contributed by atoms with Gasteiger partial charge in [-0.25, -0.2) is 17.8 Å². The summed E-state index contributed by atoms with van der Waals surface area (Å²) in [6, 6.07) is 1.95. The van der Waals surface area contributed by atoms with Crippen molar-refractivity contribution >= 4 is 39.0 Å². The SMILES string of the molecule is [2H]C([2H])([2H])NC(=O)c1nnc(NC(=O)C2CC2)cc1Nc1nc(C)c(F)cc1S(C)(=O)=O. The minimum atomic E-state index is -3.95. The first-order chi connectivity index (χ1) is 14.7. The molecule has 12 heteroatoms. The van der Waals surface area contributed by atoms with Crippen LogP contribution in [0.25, 0.3) is 0 Å². The fourth-order valence-corrected chi connectivity index (χ4v) is 3.18. The molecule has 3 rings (SSSR count). The van der Waals surface area contributed by atoms with E-state index in [0.717, 1.165) is 25.2 Å². The number of nitrogens with zero attached hydrogens (tertiary/aromatic N) is 3. The lowest BCUT2D eigenvalue weighted by molar-refractivity contribution is -0.117. The molecule has 0 spiro atoms. The van der Waals surface area contributed by atoms with E-state index in [1.54, 1.807) is 5.32 Å². The first kappa shape index (κ1) is 16.8. The molecule has 1 aliphatic rings. The fourth-order valence-electron chi connectivity index (χ4n) is 2.41. The van der Waals surface area contributed by atoms with E-state index in [2.05, 4.69) is 25.8 Å². The number of halogens is 1. The largest absolute Gasteiger partial charge is 0.354 e. The zero-order valence-corrected chi connectivity index (χ0v) is 16.2.